The number of benzene rings is 1. The normalized spacial score (nSPS) is 20.6. The van der Waals surface area contributed by atoms with E-state index in [0.717, 1.165) is 5.56 Å². The number of nitrogens with zero attached hydrogens (tertiary/aromatic N) is 4. The third-order valence-electron chi connectivity index (χ3n) is 3.61. The molecule has 1 aliphatic heterocycles. The van der Waals surface area contributed by atoms with E-state index in [1.54, 1.807) is 11.7 Å². The van der Waals surface area contributed by atoms with Crippen LogP contribution in [0.4, 0.5) is 5.69 Å². The monoisotopic (exact) mass is 338 g/mol. The van der Waals surface area contributed by atoms with E-state index in [0.29, 0.717) is 24.7 Å². The molecule has 1 saturated heterocycles. The molecule has 0 aliphatic carbocycles. The van der Waals surface area contributed by atoms with Gasteiger partial charge in [-0.25, -0.2) is 4.68 Å². The largest absolute Gasteiger partial charge is 0.375 e. The van der Waals surface area contributed by atoms with Gasteiger partial charge in [0.05, 0.1) is 12.7 Å². The lowest BCUT2D eigenvalue weighted by Crippen LogP contribution is -2.53. The Kier molecular flexibility index (Phi) is 5.64. The van der Waals surface area contributed by atoms with Gasteiger partial charge < -0.3 is 15.4 Å². The summed E-state index contributed by atoms with van der Waals surface area (Å²) in [6.07, 6.45) is -0.153. The fraction of sp³-hybridized carbons (Fsp3) is 0.429. The Morgan fingerprint density at radius 1 is 1.48 bits per heavy atom. The van der Waals surface area contributed by atoms with Crippen LogP contribution in [0.25, 0.3) is 11.4 Å². The van der Waals surface area contributed by atoms with E-state index in [4.69, 9.17) is 4.74 Å². The van der Waals surface area contributed by atoms with E-state index in [1.807, 2.05) is 31.2 Å². The smallest absolute Gasteiger partial charge is 0.244 e. The van der Waals surface area contributed by atoms with Crippen LogP contribution in [-0.4, -0.2) is 51.4 Å². The number of aromatic nitrogens is 4. The molecule has 1 aliphatic rings. The summed E-state index contributed by atoms with van der Waals surface area (Å²) >= 11 is 0. The van der Waals surface area contributed by atoms with Gasteiger partial charge in [0.25, 0.3) is 0 Å². The second kappa shape index (κ2) is 7.49. The molecule has 0 unspecified atom stereocenters. The van der Waals surface area contributed by atoms with Crippen molar-refractivity contribution in [3.05, 3.63) is 24.3 Å². The maximum absolute atomic E-state index is 12.3. The predicted octanol–water partition coefficient (Wildman–Crippen LogP) is 0.614. The summed E-state index contributed by atoms with van der Waals surface area (Å²) in [6.45, 7) is 3.19. The fourth-order valence-corrected chi connectivity index (χ4v) is 2.46. The van der Waals surface area contributed by atoms with Gasteiger partial charge in [0.1, 0.15) is 6.04 Å². The Morgan fingerprint density at radius 3 is 3.00 bits per heavy atom. The highest BCUT2D eigenvalue weighted by molar-refractivity contribution is 5.95. The minimum absolute atomic E-state index is 0. The van der Waals surface area contributed by atoms with Gasteiger partial charge in [-0.15, -0.1) is 17.5 Å². The quantitative estimate of drug-likeness (QED) is 0.852. The molecular weight excluding hydrogens is 320 g/mol. The fourth-order valence-electron chi connectivity index (χ4n) is 2.46. The van der Waals surface area contributed by atoms with Crippen LogP contribution in [0.1, 0.15) is 6.92 Å². The van der Waals surface area contributed by atoms with Crippen molar-refractivity contribution in [3.8, 4) is 11.4 Å². The number of carbonyl (C=O) groups excluding carboxylic acids is 1. The van der Waals surface area contributed by atoms with Crippen molar-refractivity contribution in [1.29, 1.82) is 0 Å². The Morgan fingerprint density at radius 2 is 2.30 bits per heavy atom. The first-order valence-electron chi connectivity index (χ1n) is 7.14. The molecule has 1 aromatic carbocycles. The predicted molar refractivity (Wildman–Crippen MR) is 87.3 cm³/mol. The van der Waals surface area contributed by atoms with Gasteiger partial charge in [-0.1, -0.05) is 12.1 Å². The third kappa shape index (κ3) is 3.84. The number of tetrazole rings is 1. The maximum Gasteiger partial charge on any atom is 0.244 e. The number of carbonyl (C=O) groups is 1. The highest BCUT2D eigenvalue weighted by Crippen LogP contribution is 2.20. The molecular formula is C14H19ClN6O2. The summed E-state index contributed by atoms with van der Waals surface area (Å²) in [6, 6.07) is 7.07. The number of rotatable bonds is 3. The second-order valence-electron chi connectivity index (χ2n) is 5.20. The summed E-state index contributed by atoms with van der Waals surface area (Å²) in [7, 11) is 1.77. The zero-order valence-electron chi connectivity index (χ0n) is 12.9. The minimum Gasteiger partial charge on any atom is -0.375 e. The maximum atomic E-state index is 12.3. The second-order valence-corrected chi connectivity index (χ2v) is 5.20. The molecule has 3 rings (SSSR count). The summed E-state index contributed by atoms with van der Waals surface area (Å²) in [4.78, 5) is 12.3. The van der Waals surface area contributed by atoms with Crippen LogP contribution < -0.4 is 10.6 Å². The van der Waals surface area contributed by atoms with Gasteiger partial charge in [-0.05, 0) is 29.5 Å². The molecule has 0 saturated carbocycles. The molecule has 2 heterocycles. The lowest BCUT2D eigenvalue weighted by atomic mass is 10.1. The molecule has 23 heavy (non-hydrogen) atoms. The third-order valence-corrected chi connectivity index (χ3v) is 3.61. The van der Waals surface area contributed by atoms with E-state index in [2.05, 4.69) is 26.2 Å². The molecule has 1 aromatic heterocycles. The van der Waals surface area contributed by atoms with Crippen molar-refractivity contribution in [2.45, 2.75) is 19.1 Å². The number of anilines is 1. The molecule has 0 bridgehead atoms. The van der Waals surface area contributed by atoms with Crippen LogP contribution in [0.2, 0.25) is 0 Å². The van der Waals surface area contributed by atoms with Crippen LogP contribution in [-0.2, 0) is 16.6 Å². The van der Waals surface area contributed by atoms with E-state index in [1.165, 1.54) is 0 Å². The van der Waals surface area contributed by atoms with Gasteiger partial charge in [0, 0.05) is 24.8 Å². The van der Waals surface area contributed by atoms with Crippen molar-refractivity contribution in [1.82, 2.24) is 25.5 Å². The minimum atomic E-state index is -0.353. The summed E-state index contributed by atoms with van der Waals surface area (Å²) in [5, 5.41) is 17.5. The molecule has 8 nitrogen and oxygen atoms in total. The van der Waals surface area contributed by atoms with Crippen molar-refractivity contribution < 1.29 is 9.53 Å². The first kappa shape index (κ1) is 17.3. The number of ether oxygens (including phenoxy) is 1. The highest BCUT2D eigenvalue weighted by atomic mass is 35.5. The van der Waals surface area contributed by atoms with Gasteiger partial charge >= 0.3 is 0 Å². The number of hydrogen-bond acceptors (Lipinski definition) is 6. The Bertz CT molecular complexity index is 677. The number of aryl methyl sites for hydroxylation is 1. The number of nitrogens with one attached hydrogen (secondary N) is 2. The molecule has 2 aromatic rings. The molecule has 2 N–H and O–H groups in total. The van der Waals surface area contributed by atoms with Gasteiger partial charge in [0.2, 0.25) is 5.91 Å². The summed E-state index contributed by atoms with van der Waals surface area (Å²) in [5.41, 5.74) is 1.54. The number of hydrogen-bond donors (Lipinski definition) is 2. The Balaban J connectivity index is 0.00000192. The SMILES string of the molecule is C[C@H]1OCCN[C@@H]1C(=O)Nc1cccc(-c2nnnn2C)c1.Cl. The van der Waals surface area contributed by atoms with Crippen molar-refractivity contribution in [2.75, 3.05) is 18.5 Å². The number of amides is 1. The van der Waals surface area contributed by atoms with Crippen LogP contribution in [0.15, 0.2) is 24.3 Å². The van der Waals surface area contributed by atoms with Crippen molar-refractivity contribution in [3.63, 3.8) is 0 Å². The van der Waals surface area contributed by atoms with E-state index >= 15 is 0 Å². The molecule has 1 amide bonds. The van der Waals surface area contributed by atoms with Crippen LogP contribution in [0.5, 0.6) is 0 Å². The highest BCUT2D eigenvalue weighted by Gasteiger charge is 2.28. The first-order valence-corrected chi connectivity index (χ1v) is 7.14. The average molecular weight is 339 g/mol. The van der Waals surface area contributed by atoms with Gasteiger partial charge in [-0.3, -0.25) is 4.79 Å². The van der Waals surface area contributed by atoms with E-state index < -0.39 is 0 Å². The molecule has 9 heteroatoms. The van der Waals surface area contributed by atoms with Crippen LogP contribution in [0, 0.1) is 0 Å². The molecule has 0 spiro atoms. The zero-order chi connectivity index (χ0) is 15.5. The number of morpholine rings is 1. The Hall–Kier alpha value is -2.03. The van der Waals surface area contributed by atoms with E-state index in [-0.39, 0.29) is 30.5 Å². The number of halogens is 1. The van der Waals surface area contributed by atoms with Crippen molar-refractivity contribution in [2.24, 2.45) is 7.05 Å². The standard InChI is InChI=1S/C14H18N6O2.ClH/c1-9-12(15-6-7-22-9)14(21)16-11-5-3-4-10(8-11)13-17-18-19-20(13)2;/h3-5,8-9,12,15H,6-7H2,1-2H3,(H,16,21);1H/t9-,12+;/m1./s1. The lowest BCUT2D eigenvalue weighted by molar-refractivity contribution is -0.123. The van der Waals surface area contributed by atoms with Crippen molar-refractivity contribution >= 4 is 24.0 Å². The summed E-state index contributed by atoms with van der Waals surface area (Å²) in [5.74, 6) is 0.532. The molecule has 2 atom stereocenters. The Labute approximate surface area is 140 Å². The average Bonchev–Trinajstić information content (AvgIpc) is 2.94. The van der Waals surface area contributed by atoms with Gasteiger partial charge in [0.15, 0.2) is 5.82 Å². The lowest BCUT2D eigenvalue weighted by Gasteiger charge is -2.29. The molecule has 124 valence electrons. The summed E-state index contributed by atoms with van der Waals surface area (Å²) < 4.78 is 7.08. The topological polar surface area (TPSA) is 94.0 Å². The zero-order valence-corrected chi connectivity index (χ0v) is 13.7. The van der Waals surface area contributed by atoms with Crippen LogP contribution >= 0.6 is 12.4 Å². The molecule has 0 radical (unpaired) electrons. The first-order chi connectivity index (χ1) is 10.6. The van der Waals surface area contributed by atoms with E-state index in [9.17, 15) is 4.79 Å². The molecule has 1 fully saturated rings. The van der Waals surface area contributed by atoms with Crippen LogP contribution in [0.3, 0.4) is 0 Å². The van der Waals surface area contributed by atoms with Gasteiger partial charge in [-0.2, -0.15) is 0 Å².